The van der Waals surface area contributed by atoms with Crippen LogP contribution in [0.5, 0.6) is 0 Å². The van der Waals surface area contributed by atoms with Gasteiger partial charge in [0.05, 0.1) is 13.2 Å². The third kappa shape index (κ3) is 7.03. The van der Waals surface area contributed by atoms with Gasteiger partial charge in [-0.15, -0.1) is 0 Å². The minimum atomic E-state index is -0.329. The van der Waals surface area contributed by atoms with Crippen LogP contribution in [0.15, 0.2) is 12.7 Å². The SMILES string of the molecule is C=CC(=O)OCC(CCOCCN1CC1)CCN1CC1. The molecule has 0 aromatic heterocycles. The fourth-order valence-electron chi connectivity index (χ4n) is 2.07. The lowest BCUT2D eigenvalue weighted by molar-refractivity contribution is -0.139. The zero-order chi connectivity index (χ0) is 14.2. The van der Waals surface area contributed by atoms with E-state index < -0.39 is 0 Å². The van der Waals surface area contributed by atoms with Gasteiger partial charge in [0.25, 0.3) is 0 Å². The van der Waals surface area contributed by atoms with E-state index in [4.69, 9.17) is 9.47 Å². The molecule has 0 amide bonds. The third-order valence-corrected chi connectivity index (χ3v) is 3.78. The summed E-state index contributed by atoms with van der Waals surface area (Å²) in [7, 11) is 0. The van der Waals surface area contributed by atoms with Crippen molar-refractivity contribution in [3.05, 3.63) is 12.7 Å². The molecule has 1 atom stereocenters. The molecule has 0 N–H and O–H groups in total. The van der Waals surface area contributed by atoms with Crippen LogP contribution in [0.25, 0.3) is 0 Å². The minimum Gasteiger partial charge on any atom is -0.462 e. The van der Waals surface area contributed by atoms with Crippen molar-refractivity contribution in [2.75, 3.05) is 59.1 Å². The normalized spacial score (nSPS) is 19.6. The highest BCUT2D eigenvalue weighted by Crippen LogP contribution is 2.14. The number of carbonyl (C=O) groups is 1. The van der Waals surface area contributed by atoms with Crippen molar-refractivity contribution in [1.82, 2.24) is 9.80 Å². The molecule has 2 aliphatic heterocycles. The average molecular weight is 282 g/mol. The van der Waals surface area contributed by atoms with E-state index in [1.807, 2.05) is 0 Å². The van der Waals surface area contributed by atoms with Gasteiger partial charge in [0.15, 0.2) is 0 Å². The van der Waals surface area contributed by atoms with Crippen LogP contribution in [0.2, 0.25) is 0 Å². The Labute approximate surface area is 121 Å². The van der Waals surface area contributed by atoms with E-state index in [0.29, 0.717) is 12.5 Å². The predicted molar refractivity (Wildman–Crippen MR) is 77.6 cm³/mol. The van der Waals surface area contributed by atoms with Crippen LogP contribution in [0.4, 0.5) is 0 Å². The first-order valence-corrected chi connectivity index (χ1v) is 7.59. The quantitative estimate of drug-likeness (QED) is 0.229. The number of hydrogen-bond acceptors (Lipinski definition) is 5. The molecule has 0 aromatic carbocycles. The average Bonchev–Trinajstić information content (AvgIpc) is 3.34. The van der Waals surface area contributed by atoms with E-state index in [1.54, 1.807) is 0 Å². The predicted octanol–water partition coefficient (Wildman–Crippen LogP) is 0.760. The van der Waals surface area contributed by atoms with Gasteiger partial charge in [0.2, 0.25) is 0 Å². The zero-order valence-electron chi connectivity index (χ0n) is 12.3. The Morgan fingerprint density at radius 1 is 1.10 bits per heavy atom. The van der Waals surface area contributed by atoms with Crippen LogP contribution in [0.1, 0.15) is 12.8 Å². The van der Waals surface area contributed by atoms with Gasteiger partial charge in [-0.2, -0.15) is 0 Å². The van der Waals surface area contributed by atoms with Crippen LogP contribution in [-0.4, -0.2) is 74.9 Å². The number of rotatable bonds is 12. The summed E-state index contributed by atoms with van der Waals surface area (Å²) in [6, 6.07) is 0. The van der Waals surface area contributed by atoms with Crippen molar-refractivity contribution in [1.29, 1.82) is 0 Å². The van der Waals surface area contributed by atoms with Gasteiger partial charge >= 0.3 is 5.97 Å². The van der Waals surface area contributed by atoms with E-state index in [1.165, 1.54) is 32.3 Å². The van der Waals surface area contributed by atoms with Gasteiger partial charge in [-0.05, 0) is 25.3 Å². The van der Waals surface area contributed by atoms with Crippen LogP contribution in [-0.2, 0) is 14.3 Å². The van der Waals surface area contributed by atoms with E-state index in [9.17, 15) is 4.79 Å². The summed E-state index contributed by atoms with van der Waals surface area (Å²) in [5.74, 6) is 0.0601. The summed E-state index contributed by atoms with van der Waals surface area (Å²) in [6.45, 7) is 12.5. The van der Waals surface area contributed by atoms with Gasteiger partial charge < -0.3 is 14.4 Å². The molecule has 1 unspecified atom stereocenters. The Balaban J connectivity index is 1.55. The first-order chi connectivity index (χ1) is 9.78. The van der Waals surface area contributed by atoms with E-state index >= 15 is 0 Å². The summed E-state index contributed by atoms with van der Waals surface area (Å²) >= 11 is 0. The highest BCUT2D eigenvalue weighted by Gasteiger charge is 2.20. The second-order valence-corrected chi connectivity index (χ2v) is 5.57. The molecule has 0 radical (unpaired) electrons. The molecule has 0 aromatic rings. The molecule has 2 heterocycles. The summed E-state index contributed by atoms with van der Waals surface area (Å²) in [5.41, 5.74) is 0. The van der Waals surface area contributed by atoms with Crippen molar-refractivity contribution in [3.63, 3.8) is 0 Å². The summed E-state index contributed by atoms with van der Waals surface area (Å²) < 4.78 is 10.8. The number of nitrogens with zero attached hydrogens (tertiary/aromatic N) is 2. The number of ether oxygens (including phenoxy) is 2. The lowest BCUT2D eigenvalue weighted by atomic mass is 10.0. The Bertz CT molecular complexity index is 314. The molecule has 114 valence electrons. The number of carbonyl (C=O) groups excluding carboxylic acids is 1. The van der Waals surface area contributed by atoms with Crippen molar-refractivity contribution in [2.24, 2.45) is 5.92 Å². The van der Waals surface area contributed by atoms with Crippen LogP contribution >= 0.6 is 0 Å². The van der Waals surface area contributed by atoms with Crippen molar-refractivity contribution < 1.29 is 14.3 Å². The maximum absolute atomic E-state index is 11.1. The van der Waals surface area contributed by atoms with E-state index in [-0.39, 0.29) is 5.97 Å². The van der Waals surface area contributed by atoms with Crippen molar-refractivity contribution in [2.45, 2.75) is 12.8 Å². The molecule has 5 nitrogen and oxygen atoms in total. The molecule has 2 saturated heterocycles. The molecule has 0 saturated carbocycles. The highest BCUT2D eigenvalue weighted by molar-refractivity contribution is 5.81. The molecule has 2 aliphatic rings. The number of esters is 1. The smallest absolute Gasteiger partial charge is 0.330 e. The second kappa shape index (κ2) is 8.39. The first-order valence-electron chi connectivity index (χ1n) is 7.59. The molecule has 2 rings (SSSR count). The van der Waals surface area contributed by atoms with Gasteiger partial charge in [-0.3, -0.25) is 4.90 Å². The molecular weight excluding hydrogens is 256 g/mol. The largest absolute Gasteiger partial charge is 0.462 e. The Hall–Kier alpha value is -0.910. The molecule has 0 spiro atoms. The summed E-state index contributed by atoms with van der Waals surface area (Å²) in [4.78, 5) is 15.9. The van der Waals surface area contributed by atoms with Crippen LogP contribution < -0.4 is 0 Å². The van der Waals surface area contributed by atoms with Crippen molar-refractivity contribution in [3.8, 4) is 0 Å². The summed E-state index contributed by atoms with van der Waals surface area (Å²) in [5, 5.41) is 0. The fourth-order valence-corrected chi connectivity index (χ4v) is 2.07. The maximum Gasteiger partial charge on any atom is 0.330 e. The van der Waals surface area contributed by atoms with Gasteiger partial charge in [-0.25, -0.2) is 4.79 Å². The first kappa shape index (κ1) is 15.5. The Morgan fingerprint density at radius 2 is 1.80 bits per heavy atom. The molecule has 20 heavy (non-hydrogen) atoms. The number of hydrogen-bond donors (Lipinski definition) is 0. The zero-order valence-corrected chi connectivity index (χ0v) is 12.3. The Morgan fingerprint density at radius 3 is 2.45 bits per heavy atom. The Kier molecular flexibility index (Phi) is 6.50. The van der Waals surface area contributed by atoms with E-state index in [2.05, 4.69) is 16.4 Å². The molecule has 2 fully saturated rings. The molecule has 0 bridgehead atoms. The molecular formula is C15H26N2O3. The molecule has 0 aliphatic carbocycles. The fraction of sp³-hybridized carbons (Fsp3) is 0.800. The van der Waals surface area contributed by atoms with Gasteiger partial charge in [0.1, 0.15) is 0 Å². The minimum absolute atomic E-state index is 0.329. The van der Waals surface area contributed by atoms with Crippen LogP contribution in [0, 0.1) is 5.92 Å². The topological polar surface area (TPSA) is 41.5 Å². The highest BCUT2D eigenvalue weighted by atomic mass is 16.5. The van der Waals surface area contributed by atoms with Gasteiger partial charge in [-0.1, -0.05) is 6.58 Å². The standard InChI is InChI=1S/C15H26N2O3/c1-2-15(18)20-13-14(3-5-16-6-7-16)4-11-19-12-10-17-8-9-17/h2,14H,1,3-13H2. The lowest BCUT2D eigenvalue weighted by Crippen LogP contribution is -2.19. The summed E-state index contributed by atoms with van der Waals surface area (Å²) in [6.07, 6.45) is 3.25. The second-order valence-electron chi connectivity index (χ2n) is 5.57. The lowest BCUT2D eigenvalue weighted by Gasteiger charge is -2.17. The maximum atomic E-state index is 11.1. The van der Waals surface area contributed by atoms with E-state index in [0.717, 1.165) is 39.1 Å². The van der Waals surface area contributed by atoms with Crippen LogP contribution in [0.3, 0.4) is 0 Å². The molecule has 5 heteroatoms. The monoisotopic (exact) mass is 282 g/mol. The van der Waals surface area contributed by atoms with Crippen molar-refractivity contribution >= 4 is 5.97 Å². The van der Waals surface area contributed by atoms with Gasteiger partial charge in [0, 0.05) is 45.4 Å². The third-order valence-electron chi connectivity index (χ3n) is 3.78.